The molecule has 12 heavy (non-hydrogen) atoms. The standard InChI is InChI=1S/C9H18NO2/c1-2-3-8-12-9(11)6-4-5-7-10/h1-8,10H2. The second-order valence-electron chi connectivity index (χ2n) is 2.67. The van der Waals surface area contributed by atoms with Crippen LogP contribution in [0.3, 0.4) is 0 Å². The fourth-order valence-electron chi connectivity index (χ4n) is 0.774. The summed E-state index contributed by atoms with van der Waals surface area (Å²) in [4.78, 5) is 10.9. The van der Waals surface area contributed by atoms with E-state index in [1.54, 1.807) is 0 Å². The van der Waals surface area contributed by atoms with Gasteiger partial charge in [-0.05, 0) is 25.8 Å². The number of nitrogens with two attached hydrogens (primary N) is 1. The van der Waals surface area contributed by atoms with Gasteiger partial charge < -0.3 is 10.5 Å². The van der Waals surface area contributed by atoms with Gasteiger partial charge in [0.1, 0.15) is 0 Å². The number of hydrogen-bond acceptors (Lipinski definition) is 3. The first-order valence-corrected chi connectivity index (χ1v) is 4.46. The predicted octanol–water partition coefficient (Wildman–Crippen LogP) is 1.27. The van der Waals surface area contributed by atoms with E-state index in [9.17, 15) is 4.79 Å². The van der Waals surface area contributed by atoms with Crippen LogP contribution in [0.15, 0.2) is 0 Å². The second kappa shape index (κ2) is 8.53. The van der Waals surface area contributed by atoms with Crippen LogP contribution in [0.1, 0.15) is 32.1 Å². The summed E-state index contributed by atoms with van der Waals surface area (Å²) in [6, 6.07) is 0. The van der Waals surface area contributed by atoms with Gasteiger partial charge in [-0.1, -0.05) is 13.3 Å². The van der Waals surface area contributed by atoms with Gasteiger partial charge in [-0.15, -0.1) is 0 Å². The summed E-state index contributed by atoms with van der Waals surface area (Å²) < 4.78 is 4.91. The molecular formula is C9H18NO2. The fourth-order valence-corrected chi connectivity index (χ4v) is 0.774. The van der Waals surface area contributed by atoms with Crippen molar-refractivity contribution in [1.82, 2.24) is 0 Å². The zero-order chi connectivity index (χ0) is 9.23. The molecule has 2 N–H and O–H groups in total. The Bertz CT molecular complexity index is 103. The van der Waals surface area contributed by atoms with Gasteiger partial charge in [0, 0.05) is 6.42 Å². The highest BCUT2D eigenvalue weighted by atomic mass is 16.5. The molecule has 0 unspecified atom stereocenters. The Kier molecular flexibility index (Phi) is 8.12. The average molecular weight is 172 g/mol. The zero-order valence-electron chi connectivity index (χ0n) is 7.55. The molecule has 0 aromatic rings. The van der Waals surface area contributed by atoms with Crippen molar-refractivity contribution in [2.45, 2.75) is 32.1 Å². The Morgan fingerprint density at radius 3 is 2.67 bits per heavy atom. The van der Waals surface area contributed by atoms with E-state index in [0.29, 0.717) is 19.6 Å². The summed E-state index contributed by atoms with van der Waals surface area (Å²) in [7, 11) is 0. The molecule has 3 heteroatoms. The Hall–Kier alpha value is -0.570. The van der Waals surface area contributed by atoms with Crippen LogP contribution in [0.2, 0.25) is 0 Å². The van der Waals surface area contributed by atoms with Crippen LogP contribution in [-0.4, -0.2) is 19.1 Å². The summed E-state index contributed by atoms with van der Waals surface area (Å²) in [5.41, 5.74) is 5.28. The lowest BCUT2D eigenvalue weighted by molar-refractivity contribution is -0.143. The molecule has 0 atom stereocenters. The van der Waals surface area contributed by atoms with Crippen molar-refractivity contribution >= 4 is 5.97 Å². The Morgan fingerprint density at radius 1 is 1.33 bits per heavy atom. The van der Waals surface area contributed by atoms with Gasteiger partial charge in [0.25, 0.3) is 0 Å². The maximum Gasteiger partial charge on any atom is 0.305 e. The highest BCUT2D eigenvalue weighted by molar-refractivity contribution is 5.69. The zero-order valence-corrected chi connectivity index (χ0v) is 7.55. The summed E-state index contributed by atoms with van der Waals surface area (Å²) in [6.07, 6.45) is 3.89. The minimum absolute atomic E-state index is 0.114. The first-order chi connectivity index (χ1) is 5.81. The molecule has 0 aliphatic heterocycles. The largest absolute Gasteiger partial charge is 0.466 e. The normalized spacial score (nSPS) is 9.83. The minimum atomic E-state index is -0.114. The van der Waals surface area contributed by atoms with E-state index in [4.69, 9.17) is 10.5 Å². The third kappa shape index (κ3) is 7.54. The van der Waals surface area contributed by atoms with E-state index < -0.39 is 0 Å². The van der Waals surface area contributed by atoms with Crippen molar-refractivity contribution in [1.29, 1.82) is 0 Å². The molecule has 0 rings (SSSR count). The van der Waals surface area contributed by atoms with Gasteiger partial charge in [0.05, 0.1) is 6.61 Å². The number of hydrogen-bond donors (Lipinski definition) is 1. The highest BCUT2D eigenvalue weighted by Gasteiger charge is 2.00. The van der Waals surface area contributed by atoms with Gasteiger partial charge in [-0.2, -0.15) is 0 Å². The molecule has 1 radical (unpaired) electrons. The molecule has 0 saturated heterocycles. The minimum Gasteiger partial charge on any atom is -0.466 e. The van der Waals surface area contributed by atoms with Crippen molar-refractivity contribution in [2.75, 3.05) is 13.2 Å². The van der Waals surface area contributed by atoms with Crippen molar-refractivity contribution in [2.24, 2.45) is 5.73 Å². The van der Waals surface area contributed by atoms with E-state index in [1.807, 2.05) is 0 Å². The van der Waals surface area contributed by atoms with E-state index in [0.717, 1.165) is 25.7 Å². The molecule has 0 aromatic carbocycles. The van der Waals surface area contributed by atoms with Crippen molar-refractivity contribution < 1.29 is 9.53 Å². The Morgan fingerprint density at radius 2 is 2.08 bits per heavy atom. The number of esters is 1. The van der Waals surface area contributed by atoms with E-state index >= 15 is 0 Å². The van der Waals surface area contributed by atoms with Gasteiger partial charge in [0.2, 0.25) is 0 Å². The molecule has 0 aromatic heterocycles. The first kappa shape index (κ1) is 11.4. The number of carbonyl (C=O) groups is 1. The van der Waals surface area contributed by atoms with Crippen LogP contribution in [0.4, 0.5) is 0 Å². The monoisotopic (exact) mass is 172 g/mol. The third-order valence-electron chi connectivity index (χ3n) is 1.49. The van der Waals surface area contributed by atoms with Gasteiger partial charge in [0.15, 0.2) is 0 Å². The molecule has 0 aliphatic rings. The van der Waals surface area contributed by atoms with Crippen LogP contribution in [-0.2, 0) is 9.53 Å². The van der Waals surface area contributed by atoms with Gasteiger partial charge in [-0.25, -0.2) is 0 Å². The quantitative estimate of drug-likeness (QED) is 0.465. The average Bonchev–Trinajstić information content (AvgIpc) is 2.06. The molecule has 0 saturated carbocycles. The van der Waals surface area contributed by atoms with E-state index in [1.165, 1.54) is 0 Å². The molecule has 71 valence electrons. The molecular weight excluding hydrogens is 154 g/mol. The molecule has 0 bridgehead atoms. The molecule has 0 aliphatic carbocycles. The van der Waals surface area contributed by atoms with E-state index in [-0.39, 0.29) is 5.97 Å². The smallest absolute Gasteiger partial charge is 0.305 e. The molecule has 3 nitrogen and oxygen atoms in total. The van der Waals surface area contributed by atoms with Crippen molar-refractivity contribution in [3.05, 3.63) is 6.92 Å². The van der Waals surface area contributed by atoms with Crippen LogP contribution in [0.5, 0.6) is 0 Å². The second-order valence-corrected chi connectivity index (χ2v) is 2.67. The van der Waals surface area contributed by atoms with Gasteiger partial charge >= 0.3 is 5.97 Å². The van der Waals surface area contributed by atoms with Crippen molar-refractivity contribution in [3.63, 3.8) is 0 Å². The SMILES string of the molecule is [CH2]CCCOC(=O)CCCCN. The molecule has 0 amide bonds. The fraction of sp³-hybridized carbons (Fsp3) is 0.778. The van der Waals surface area contributed by atoms with Crippen LogP contribution in [0.25, 0.3) is 0 Å². The van der Waals surface area contributed by atoms with Crippen LogP contribution >= 0.6 is 0 Å². The number of rotatable bonds is 7. The summed E-state index contributed by atoms with van der Waals surface area (Å²) >= 11 is 0. The maximum absolute atomic E-state index is 10.9. The lowest BCUT2D eigenvalue weighted by atomic mass is 10.2. The highest BCUT2D eigenvalue weighted by Crippen LogP contribution is 1.97. The lowest BCUT2D eigenvalue weighted by Gasteiger charge is -2.02. The summed E-state index contributed by atoms with van der Waals surface area (Å²) in [6.45, 7) is 4.80. The maximum atomic E-state index is 10.9. The Balaban J connectivity index is 3.10. The number of carbonyl (C=O) groups excluding carboxylic acids is 1. The molecule has 0 spiro atoms. The van der Waals surface area contributed by atoms with E-state index in [2.05, 4.69) is 6.92 Å². The summed E-state index contributed by atoms with van der Waals surface area (Å²) in [5, 5.41) is 0. The molecule has 0 heterocycles. The van der Waals surface area contributed by atoms with Gasteiger partial charge in [-0.3, -0.25) is 4.79 Å². The third-order valence-corrected chi connectivity index (χ3v) is 1.49. The van der Waals surface area contributed by atoms with Crippen LogP contribution < -0.4 is 5.73 Å². The molecule has 0 fully saturated rings. The first-order valence-electron chi connectivity index (χ1n) is 4.46. The lowest BCUT2D eigenvalue weighted by Crippen LogP contribution is -2.06. The van der Waals surface area contributed by atoms with Crippen LogP contribution in [0, 0.1) is 6.92 Å². The summed E-state index contributed by atoms with van der Waals surface area (Å²) in [5.74, 6) is -0.114. The van der Waals surface area contributed by atoms with Crippen molar-refractivity contribution in [3.8, 4) is 0 Å². The number of ether oxygens (including phenoxy) is 1. The topological polar surface area (TPSA) is 52.3 Å². The predicted molar refractivity (Wildman–Crippen MR) is 48.5 cm³/mol. The Labute approximate surface area is 74.3 Å². The number of unbranched alkanes of at least 4 members (excludes halogenated alkanes) is 2.